The molecule has 2 N–H and O–H groups in total. The molecule has 0 aliphatic carbocycles. The first-order valence-corrected chi connectivity index (χ1v) is 9.59. The van der Waals surface area contributed by atoms with Gasteiger partial charge in [0.05, 0.1) is 5.02 Å². The van der Waals surface area contributed by atoms with Crippen molar-refractivity contribution >= 4 is 17.5 Å². The zero-order chi connectivity index (χ0) is 19.8. The molecule has 1 aliphatic rings. The van der Waals surface area contributed by atoms with E-state index in [9.17, 15) is 9.59 Å². The van der Waals surface area contributed by atoms with Gasteiger partial charge in [0.2, 0.25) is 0 Å². The Morgan fingerprint density at radius 1 is 1.33 bits per heavy atom. The van der Waals surface area contributed by atoms with Crippen molar-refractivity contribution in [3.63, 3.8) is 0 Å². The van der Waals surface area contributed by atoms with Gasteiger partial charge in [0, 0.05) is 35.3 Å². The van der Waals surface area contributed by atoms with Crippen LogP contribution in [-0.2, 0) is 19.4 Å². The van der Waals surface area contributed by atoms with Gasteiger partial charge in [0.25, 0.3) is 11.5 Å². The second kappa shape index (κ2) is 7.39. The second-order valence-electron chi connectivity index (χ2n) is 7.70. The van der Waals surface area contributed by atoms with E-state index in [1.165, 1.54) is 0 Å². The fraction of sp³-hybridized carbons (Fsp3) is 0.429. The summed E-state index contributed by atoms with van der Waals surface area (Å²) in [5.74, 6) is 0.394. The maximum Gasteiger partial charge on any atom is 0.253 e. The molecule has 1 aromatic carbocycles. The Bertz CT molecular complexity index is 947. The average Bonchev–Trinajstić information content (AvgIpc) is 2.88. The van der Waals surface area contributed by atoms with Crippen molar-refractivity contribution in [1.29, 1.82) is 0 Å². The van der Waals surface area contributed by atoms with E-state index in [-0.39, 0.29) is 23.6 Å². The molecule has 0 fully saturated rings. The molecule has 2 aromatic rings. The van der Waals surface area contributed by atoms with Crippen LogP contribution in [-0.4, -0.2) is 16.5 Å². The van der Waals surface area contributed by atoms with E-state index in [0.29, 0.717) is 28.3 Å². The van der Waals surface area contributed by atoms with Crippen molar-refractivity contribution in [2.24, 2.45) is 0 Å². The number of ether oxygens (including phenoxy) is 1. The van der Waals surface area contributed by atoms with Crippen molar-refractivity contribution in [2.45, 2.75) is 59.1 Å². The van der Waals surface area contributed by atoms with Crippen LogP contribution >= 0.6 is 11.6 Å². The number of fused-ring (bicyclic) bond motifs is 1. The average molecular weight is 389 g/mol. The Morgan fingerprint density at radius 3 is 2.78 bits per heavy atom. The highest BCUT2D eigenvalue weighted by atomic mass is 35.5. The van der Waals surface area contributed by atoms with Gasteiger partial charge in [-0.15, -0.1) is 0 Å². The van der Waals surface area contributed by atoms with E-state index in [1.54, 1.807) is 6.07 Å². The molecule has 0 atom stereocenters. The number of H-pyrrole nitrogens is 1. The molecule has 144 valence electrons. The summed E-state index contributed by atoms with van der Waals surface area (Å²) in [6, 6.07) is 5.40. The summed E-state index contributed by atoms with van der Waals surface area (Å²) >= 11 is 6.31. The Hall–Kier alpha value is -2.27. The molecule has 0 saturated heterocycles. The van der Waals surface area contributed by atoms with Crippen LogP contribution in [0.25, 0.3) is 0 Å². The molecule has 2 heterocycles. The van der Waals surface area contributed by atoms with Crippen LogP contribution in [0.1, 0.15) is 59.9 Å². The molecule has 1 amide bonds. The van der Waals surface area contributed by atoms with Crippen molar-refractivity contribution < 1.29 is 9.53 Å². The summed E-state index contributed by atoms with van der Waals surface area (Å²) in [4.78, 5) is 27.8. The summed E-state index contributed by atoms with van der Waals surface area (Å²) in [5, 5.41) is 3.29. The molecule has 1 aliphatic heterocycles. The number of nitrogens with one attached hydrogen (secondary N) is 2. The minimum atomic E-state index is -0.328. The van der Waals surface area contributed by atoms with E-state index < -0.39 is 0 Å². The molecule has 5 nitrogen and oxygen atoms in total. The number of carbonyl (C=O) groups is 1. The lowest BCUT2D eigenvalue weighted by Gasteiger charge is -2.17. The lowest BCUT2D eigenvalue weighted by Crippen LogP contribution is -2.28. The van der Waals surface area contributed by atoms with Gasteiger partial charge in [-0.2, -0.15) is 0 Å². The Kier molecular flexibility index (Phi) is 5.33. The number of aryl methyl sites for hydroxylation is 2. The molecular formula is C21H25ClN2O3. The van der Waals surface area contributed by atoms with Crippen LogP contribution < -0.4 is 15.6 Å². The third-order valence-corrected chi connectivity index (χ3v) is 4.97. The first-order valence-electron chi connectivity index (χ1n) is 9.21. The zero-order valence-electron chi connectivity index (χ0n) is 16.2. The molecular weight excluding hydrogens is 364 g/mol. The molecule has 0 unspecified atom stereocenters. The first-order chi connectivity index (χ1) is 12.7. The maximum atomic E-state index is 12.7. The largest absolute Gasteiger partial charge is 0.486 e. The third kappa shape index (κ3) is 4.19. The fourth-order valence-corrected chi connectivity index (χ4v) is 3.82. The Morgan fingerprint density at radius 2 is 2.07 bits per heavy atom. The molecule has 0 radical (unpaired) electrons. The summed E-state index contributed by atoms with van der Waals surface area (Å²) in [6.07, 6.45) is 2.43. The first kappa shape index (κ1) is 19.5. The lowest BCUT2D eigenvalue weighted by molar-refractivity contribution is 0.0950. The van der Waals surface area contributed by atoms with E-state index in [4.69, 9.17) is 16.3 Å². The molecule has 6 heteroatoms. The molecule has 0 spiro atoms. The van der Waals surface area contributed by atoms with E-state index in [1.807, 2.05) is 32.9 Å². The normalized spacial score (nSPS) is 14.6. The standard InChI is InChI=1S/C21H25ClN2O3/c1-5-6-13-7-12(2)24-20(26)16(13)11-23-19(25)14-8-15-10-21(3,4)27-18(15)17(22)9-14/h7-9H,5-6,10-11H2,1-4H3,(H,23,25)(H,24,26). The zero-order valence-corrected chi connectivity index (χ0v) is 16.9. The van der Waals surface area contributed by atoms with Gasteiger partial charge in [0.15, 0.2) is 0 Å². The third-order valence-electron chi connectivity index (χ3n) is 4.69. The summed E-state index contributed by atoms with van der Waals surface area (Å²) < 4.78 is 5.85. The molecule has 27 heavy (non-hydrogen) atoms. The second-order valence-corrected chi connectivity index (χ2v) is 8.11. The SMILES string of the molecule is CCCc1cc(C)[nH]c(=O)c1CNC(=O)c1cc(Cl)c2c(c1)CC(C)(C)O2. The number of aromatic nitrogens is 1. The van der Waals surface area contributed by atoms with Crippen molar-refractivity contribution in [2.75, 3.05) is 0 Å². The van der Waals surface area contributed by atoms with Gasteiger partial charge in [-0.1, -0.05) is 24.9 Å². The molecule has 1 aromatic heterocycles. The van der Waals surface area contributed by atoms with Gasteiger partial charge < -0.3 is 15.0 Å². The van der Waals surface area contributed by atoms with E-state index in [2.05, 4.69) is 17.2 Å². The van der Waals surface area contributed by atoms with Crippen molar-refractivity contribution in [3.05, 3.63) is 61.5 Å². The highest BCUT2D eigenvalue weighted by molar-refractivity contribution is 6.32. The monoisotopic (exact) mass is 388 g/mol. The van der Waals surface area contributed by atoms with Gasteiger partial charge in [-0.25, -0.2) is 0 Å². The van der Waals surface area contributed by atoms with Crippen LogP contribution in [0, 0.1) is 6.92 Å². The number of carbonyl (C=O) groups excluding carboxylic acids is 1. The molecule has 0 bridgehead atoms. The fourth-order valence-electron chi connectivity index (χ4n) is 3.54. The predicted octanol–water partition coefficient (Wildman–Crippen LogP) is 3.93. The van der Waals surface area contributed by atoms with E-state index >= 15 is 0 Å². The Labute approximate surface area is 164 Å². The predicted molar refractivity (Wildman–Crippen MR) is 107 cm³/mol. The Balaban J connectivity index is 1.80. The number of halogens is 1. The number of pyridine rings is 1. The highest BCUT2D eigenvalue weighted by Gasteiger charge is 2.32. The van der Waals surface area contributed by atoms with Crippen LogP contribution in [0.2, 0.25) is 5.02 Å². The summed E-state index contributed by atoms with van der Waals surface area (Å²) in [5.41, 5.74) is 3.32. The van der Waals surface area contributed by atoms with Crippen molar-refractivity contribution in [3.8, 4) is 5.75 Å². The minimum Gasteiger partial charge on any atom is -0.486 e. The number of hydrogen-bond donors (Lipinski definition) is 2. The molecule has 0 saturated carbocycles. The number of amides is 1. The summed E-state index contributed by atoms with van der Waals surface area (Å²) in [6.45, 7) is 8.08. The minimum absolute atomic E-state index is 0.152. The van der Waals surface area contributed by atoms with Crippen molar-refractivity contribution in [1.82, 2.24) is 10.3 Å². The number of rotatable bonds is 5. The molecule has 3 rings (SSSR count). The topological polar surface area (TPSA) is 71.2 Å². The number of hydrogen-bond acceptors (Lipinski definition) is 3. The lowest BCUT2D eigenvalue weighted by atomic mass is 10.00. The van der Waals surface area contributed by atoms with Crippen LogP contribution in [0.5, 0.6) is 5.75 Å². The maximum absolute atomic E-state index is 12.7. The van der Waals surface area contributed by atoms with Crippen LogP contribution in [0.4, 0.5) is 0 Å². The van der Waals surface area contributed by atoms with Gasteiger partial charge in [0.1, 0.15) is 11.4 Å². The van der Waals surface area contributed by atoms with Gasteiger partial charge in [-0.3, -0.25) is 9.59 Å². The quantitative estimate of drug-likeness (QED) is 0.815. The highest BCUT2D eigenvalue weighted by Crippen LogP contribution is 2.40. The van der Waals surface area contributed by atoms with Crippen LogP contribution in [0.3, 0.4) is 0 Å². The van der Waals surface area contributed by atoms with E-state index in [0.717, 1.165) is 29.7 Å². The smallest absolute Gasteiger partial charge is 0.253 e. The van der Waals surface area contributed by atoms with Gasteiger partial charge in [-0.05, 0) is 51.0 Å². The summed E-state index contributed by atoms with van der Waals surface area (Å²) in [7, 11) is 0. The number of aromatic amines is 1. The number of benzene rings is 1. The van der Waals surface area contributed by atoms with Crippen LogP contribution in [0.15, 0.2) is 23.0 Å². The van der Waals surface area contributed by atoms with Gasteiger partial charge >= 0.3 is 0 Å².